The number of methoxy groups -OCH3 is 1. The van der Waals surface area contributed by atoms with Crippen molar-refractivity contribution in [3.05, 3.63) is 58.1 Å². The van der Waals surface area contributed by atoms with Crippen LogP contribution in [-0.2, 0) is 28.8 Å². The highest BCUT2D eigenvalue weighted by molar-refractivity contribution is 7.14. The fraction of sp³-hybridized carbons (Fsp3) is 0.263. The summed E-state index contributed by atoms with van der Waals surface area (Å²) in [5, 5.41) is 9.33. The Balaban J connectivity index is 1.58. The zero-order valence-corrected chi connectivity index (χ0v) is 15.9. The van der Waals surface area contributed by atoms with Crippen LogP contribution < -0.4 is 5.32 Å². The third kappa shape index (κ3) is 3.53. The van der Waals surface area contributed by atoms with Crippen molar-refractivity contribution in [2.24, 2.45) is 0 Å². The van der Waals surface area contributed by atoms with E-state index in [2.05, 4.69) is 20.1 Å². The third-order valence-corrected chi connectivity index (χ3v) is 5.35. The molecule has 1 aliphatic rings. The lowest BCUT2D eigenvalue weighted by atomic mass is 10.2. The van der Waals surface area contributed by atoms with Crippen molar-refractivity contribution in [3.8, 4) is 5.69 Å². The molecule has 3 aromatic rings. The summed E-state index contributed by atoms with van der Waals surface area (Å²) in [4.78, 5) is 28.4. The van der Waals surface area contributed by atoms with E-state index in [9.17, 15) is 14.0 Å². The van der Waals surface area contributed by atoms with Crippen LogP contribution in [0.5, 0.6) is 0 Å². The van der Waals surface area contributed by atoms with Gasteiger partial charge in [0.1, 0.15) is 5.82 Å². The van der Waals surface area contributed by atoms with Crippen LogP contribution >= 0.6 is 11.3 Å². The molecule has 1 aromatic carbocycles. The van der Waals surface area contributed by atoms with Gasteiger partial charge in [0.15, 0.2) is 10.8 Å². The minimum atomic E-state index is -0.390. The summed E-state index contributed by atoms with van der Waals surface area (Å²) < 4.78 is 19.6. The van der Waals surface area contributed by atoms with E-state index in [1.165, 1.54) is 30.6 Å². The average molecular weight is 400 g/mol. The van der Waals surface area contributed by atoms with E-state index >= 15 is 0 Å². The molecule has 0 fully saturated rings. The second kappa shape index (κ2) is 7.51. The number of nitrogens with one attached hydrogen (secondary N) is 1. The van der Waals surface area contributed by atoms with Crippen LogP contribution in [0.15, 0.2) is 29.6 Å². The van der Waals surface area contributed by atoms with Crippen LogP contribution in [0.4, 0.5) is 9.52 Å². The second-order valence-corrected chi connectivity index (χ2v) is 7.22. The number of nitrogens with zero attached hydrogens (tertiary/aromatic N) is 3. The molecule has 2 aromatic heterocycles. The largest absolute Gasteiger partial charge is 0.469 e. The van der Waals surface area contributed by atoms with E-state index in [0.29, 0.717) is 22.2 Å². The summed E-state index contributed by atoms with van der Waals surface area (Å²) in [6.07, 6.45) is 2.57. The topological polar surface area (TPSA) is 86.1 Å². The van der Waals surface area contributed by atoms with Crippen molar-refractivity contribution < 1.29 is 18.7 Å². The van der Waals surface area contributed by atoms with Crippen molar-refractivity contribution in [2.75, 3.05) is 12.4 Å². The Bertz CT molecular complexity index is 1040. The van der Waals surface area contributed by atoms with Crippen LogP contribution in [0, 0.1) is 5.82 Å². The highest BCUT2D eigenvalue weighted by atomic mass is 32.1. The Morgan fingerprint density at radius 1 is 1.29 bits per heavy atom. The molecule has 4 rings (SSSR count). The molecule has 2 heterocycles. The van der Waals surface area contributed by atoms with Gasteiger partial charge in [0.2, 0.25) is 0 Å². The molecule has 0 saturated heterocycles. The zero-order chi connectivity index (χ0) is 19.7. The van der Waals surface area contributed by atoms with Crippen molar-refractivity contribution >= 4 is 28.3 Å². The highest BCUT2D eigenvalue weighted by Crippen LogP contribution is 2.28. The maximum atomic E-state index is 13.2. The van der Waals surface area contributed by atoms with Crippen molar-refractivity contribution in [2.45, 2.75) is 25.7 Å². The maximum absolute atomic E-state index is 13.2. The number of esters is 1. The average Bonchev–Trinajstić information content (AvgIpc) is 3.39. The molecule has 0 unspecified atom stereocenters. The number of benzene rings is 1. The summed E-state index contributed by atoms with van der Waals surface area (Å²) in [7, 11) is 1.31. The lowest BCUT2D eigenvalue weighted by molar-refractivity contribution is -0.139. The Hall–Kier alpha value is -3.07. The number of carbonyl (C=O) groups is 2. The molecule has 1 aliphatic carbocycles. The number of thiazole rings is 1. The first-order valence-corrected chi connectivity index (χ1v) is 9.62. The quantitative estimate of drug-likeness (QED) is 0.666. The smallest absolute Gasteiger partial charge is 0.311 e. The van der Waals surface area contributed by atoms with Gasteiger partial charge in [-0.3, -0.25) is 14.9 Å². The number of anilines is 1. The Morgan fingerprint density at radius 3 is 2.82 bits per heavy atom. The highest BCUT2D eigenvalue weighted by Gasteiger charge is 2.27. The van der Waals surface area contributed by atoms with Crippen molar-refractivity contribution in [1.82, 2.24) is 14.8 Å². The van der Waals surface area contributed by atoms with Gasteiger partial charge in [0.05, 0.1) is 24.9 Å². The fourth-order valence-corrected chi connectivity index (χ4v) is 3.94. The number of amides is 1. The summed E-state index contributed by atoms with van der Waals surface area (Å²) in [5.41, 5.74) is 3.49. The van der Waals surface area contributed by atoms with Gasteiger partial charge >= 0.3 is 5.97 Å². The van der Waals surface area contributed by atoms with Gasteiger partial charge in [0, 0.05) is 16.6 Å². The SMILES string of the molecule is COC(=O)Cc1csc(NC(=O)c2nn(-c3ccc(F)cc3)c3c2CCC3)n1. The van der Waals surface area contributed by atoms with Crippen molar-refractivity contribution in [3.63, 3.8) is 0 Å². The van der Waals surface area contributed by atoms with Crippen LogP contribution in [-0.4, -0.2) is 33.8 Å². The summed E-state index contributed by atoms with van der Waals surface area (Å²) in [6, 6.07) is 6.03. The molecule has 144 valence electrons. The van der Waals surface area contributed by atoms with E-state index in [1.807, 2.05) is 0 Å². The maximum Gasteiger partial charge on any atom is 0.311 e. The zero-order valence-electron chi connectivity index (χ0n) is 15.1. The molecule has 1 amide bonds. The van der Waals surface area contributed by atoms with E-state index in [4.69, 9.17) is 0 Å². The normalized spacial score (nSPS) is 12.6. The molecule has 0 radical (unpaired) electrons. The minimum Gasteiger partial charge on any atom is -0.469 e. The van der Waals surface area contributed by atoms with E-state index in [1.54, 1.807) is 22.2 Å². The Labute approximate surface area is 164 Å². The fourth-order valence-electron chi connectivity index (χ4n) is 3.24. The van der Waals surface area contributed by atoms with Gasteiger partial charge in [-0.2, -0.15) is 5.10 Å². The van der Waals surface area contributed by atoms with Gasteiger partial charge in [-0.1, -0.05) is 0 Å². The number of carbonyl (C=O) groups excluding carboxylic acids is 2. The molecule has 7 nitrogen and oxygen atoms in total. The molecular formula is C19H17FN4O3S. The first kappa shape index (κ1) is 18.3. The van der Waals surface area contributed by atoms with Gasteiger partial charge in [-0.05, 0) is 43.5 Å². The summed E-state index contributed by atoms with van der Waals surface area (Å²) in [6.45, 7) is 0. The van der Waals surface area contributed by atoms with Gasteiger partial charge < -0.3 is 4.74 Å². The van der Waals surface area contributed by atoms with E-state index in [-0.39, 0.29) is 24.1 Å². The number of hydrogen-bond acceptors (Lipinski definition) is 6. The molecule has 0 atom stereocenters. The Kier molecular flexibility index (Phi) is 4.91. The number of ether oxygens (including phenoxy) is 1. The lowest BCUT2D eigenvalue weighted by Gasteiger charge is -2.05. The molecule has 9 heteroatoms. The summed E-state index contributed by atoms with van der Waals surface area (Å²) in [5.74, 6) is -1.06. The first-order valence-electron chi connectivity index (χ1n) is 8.74. The van der Waals surface area contributed by atoms with Crippen LogP contribution in [0.25, 0.3) is 5.69 Å². The number of fused-ring (bicyclic) bond motifs is 1. The minimum absolute atomic E-state index is 0.0530. The second-order valence-electron chi connectivity index (χ2n) is 6.37. The molecule has 0 bridgehead atoms. The van der Waals surface area contributed by atoms with Crippen LogP contribution in [0.3, 0.4) is 0 Å². The predicted molar refractivity (Wildman–Crippen MR) is 101 cm³/mol. The van der Waals surface area contributed by atoms with Gasteiger partial charge in [-0.25, -0.2) is 14.1 Å². The van der Waals surface area contributed by atoms with Crippen molar-refractivity contribution in [1.29, 1.82) is 0 Å². The van der Waals surface area contributed by atoms with Crippen LogP contribution in [0.1, 0.15) is 33.9 Å². The molecule has 0 saturated carbocycles. The predicted octanol–water partition coefficient (Wildman–Crippen LogP) is 2.92. The number of aromatic nitrogens is 3. The third-order valence-electron chi connectivity index (χ3n) is 4.54. The lowest BCUT2D eigenvalue weighted by Crippen LogP contribution is -2.15. The molecule has 0 spiro atoms. The first-order chi connectivity index (χ1) is 13.5. The van der Waals surface area contributed by atoms with E-state index in [0.717, 1.165) is 30.5 Å². The monoisotopic (exact) mass is 400 g/mol. The standard InChI is InChI=1S/C19H17FN4O3S/c1-27-16(25)9-12-10-28-19(21-12)22-18(26)17-14-3-2-4-15(14)24(23-17)13-7-5-11(20)6-8-13/h5-8,10H,2-4,9H2,1H3,(H,21,22,26). The number of rotatable bonds is 5. The van der Waals surface area contributed by atoms with Gasteiger partial charge in [0.25, 0.3) is 5.91 Å². The molecule has 1 N–H and O–H groups in total. The van der Waals surface area contributed by atoms with Gasteiger partial charge in [-0.15, -0.1) is 11.3 Å². The van der Waals surface area contributed by atoms with E-state index < -0.39 is 0 Å². The summed E-state index contributed by atoms with van der Waals surface area (Å²) >= 11 is 1.24. The number of hydrogen-bond donors (Lipinski definition) is 1. The Morgan fingerprint density at radius 2 is 2.07 bits per heavy atom. The van der Waals surface area contributed by atoms with Crippen LogP contribution in [0.2, 0.25) is 0 Å². The molecule has 0 aliphatic heterocycles. The number of halogens is 1. The molecule has 28 heavy (non-hydrogen) atoms. The molecular weight excluding hydrogens is 383 g/mol.